The van der Waals surface area contributed by atoms with Crippen molar-refractivity contribution in [3.63, 3.8) is 0 Å². The first-order valence-corrected chi connectivity index (χ1v) is 7.64. The van der Waals surface area contributed by atoms with Crippen LogP contribution in [0.5, 0.6) is 0 Å². The van der Waals surface area contributed by atoms with Crippen LogP contribution in [0.4, 0.5) is 4.79 Å². The van der Waals surface area contributed by atoms with Crippen LogP contribution >= 0.6 is 0 Å². The molecule has 5 nitrogen and oxygen atoms in total. The molecule has 0 saturated carbocycles. The van der Waals surface area contributed by atoms with E-state index >= 15 is 0 Å². The van der Waals surface area contributed by atoms with Crippen molar-refractivity contribution in [3.05, 3.63) is 70.8 Å². The summed E-state index contributed by atoms with van der Waals surface area (Å²) in [6.45, 7) is 3.87. The van der Waals surface area contributed by atoms with E-state index in [0.29, 0.717) is 5.56 Å². The van der Waals surface area contributed by atoms with Crippen LogP contribution in [-0.4, -0.2) is 16.8 Å². The summed E-state index contributed by atoms with van der Waals surface area (Å²) in [5, 5.41) is 11.6. The molecule has 1 fully saturated rings. The lowest BCUT2D eigenvalue weighted by molar-refractivity contribution is -0.131. The number of benzene rings is 2. The minimum atomic E-state index is -1.06. The fourth-order valence-electron chi connectivity index (χ4n) is 2.79. The smallest absolute Gasteiger partial charge is 0.319 e. The average molecular weight is 319 g/mol. The molecule has 0 spiro atoms. The van der Waals surface area contributed by atoms with Crippen molar-refractivity contribution >= 4 is 11.9 Å². The number of hydrogen-bond donors (Lipinski definition) is 1. The predicted octanol–water partition coefficient (Wildman–Crippen LogP) is 2.83. The maximum atomic E-state index is 12.8. The minimum Gasteiger partial charge on any atom is -0.319 e. The molecule has 1 N–H and O–H groups in total. The van der Waals surface area contributed by atoms with Crippen LogP contribution in [0, 0.1) is 18.3 Å². The molecule has 0 radical (unpaired) electrons. The molecule has 1 aliphatic rings. The molecule has 2 aromatic rings. The molecule has 1 unspecified atom stereocenters. The van der Waals surface area contributed by atoms with Crippen LogP contribution in [-0.2, 0) is 16.9 Å². The molecule has 0 bridgehead atoms. The number of amides is 3. The van der Waals surface area contributed by atoms with E-state index in [0.717, 1.165) is 16.7 Å². The van der Waals surface area contributed by atoms with E-state index in [9.17, 15) is 9.59 Å². The second-order valence-corrected chi connectivity index (χ2v) is 6.12. The van der Waals surface area contributed by atoms with Crippen molar-refractivity contribution < 1.29 is 9.59 Å². The first-order chi connectivity index (χ1) is 11.4. The zero-order chi connectivity index (χ0) is 17.3. The standard InChI is InChI=1S/C19H17N3O2/c1-13-3-9-16(10-4-13)19(2)17(23)22(18(24)21-19)12-15-7-5-14(11-20)6-8-15/h3-10H,12H2,1-2H3,(H,21,24). The lowest BCUT2D eigenvalue weighted by Crippen LogP contribution is -2.40. The Labute approximate surface area is 140 Å². The van der Waals surface area contributed by atoms with Crippen molar-refractivity contribution in [3.8, 4) is 6.07 Å². The summed E-state index contributed by atoms with van der Waals surface area (Å²) in [5.41, 5.74) is 2.13. The zero-order valence-electron chi connectivity index (χ0n) is 13.5. The number of carbonyl (C=O) groups is 2. The Morgan fingerprint density at radius 3 is 2.29 bits per heavy atom. The molecule has 1 saturated heterocycles. The van der Waals surface area contributed by atoms with Gasteiger partial charge in [0, 0.05) is 0 Å². The van der Waals surface area contributed by atoms with Crippen LogP contribution < -0.4 is 5.32 Å². The number of hydrogen-bond acceptors (Lipinski definition) is 3. The van der Waals surface area contributed by atoms with Gasteiger partial charge in [-0.3, -0.25) is 9.69 Å². The Morgan fingerprint density at radius 2 is 1.71 bits per heavy atom. The second-order valence-electron chi connectivity index (χ2n) is 6.12. The Bertz CT molecular complexity index is 834. The van der Waals surface area contributed by atoms with Gasteiger partial charge in [0.15, 0.2) is 0 Å². The van der Waals surface area contributed by atoms with Crippen molar-refractivity contribution in [1.29, 1.82) is 5.26 Å². The van der Waals surface area contributed by atoms with E-state index in [2.05, 4.69) is 5.32 Å². The Hall–Kier alpha value is -3.13. The summed E-state index contributed by atoms with van der Waals surface area (Å²) in [6, 6.07) is 16.0. The van der Waals surface area contributed by atoms with Gasteiger partial charge in [0.2, 0.25) is 0 Å². The third-order valence-electron chi connectivity index (χ3n) is 4.33. The van der Waals surface area contributed by atoms with Crippen molar-refractivity contribution in [2.45, 2.75) is 25.9 Å². The van der Waals surface area contributed by atoms with E-state index in [1.54, 1.807) is 31.2 Å². The lowest BCUT2D eigenvalue weighted by Gasteiger charge is -2.22. The number of nitriles is 1. The molecule has 1 heterocycles. The average Bonchev–Trinajstić information content (AvgIpc) is 2.80. The predicted molar refractivity (Wildman–Crippen MR) is 88.8 cm³/mol. The third-order valence-corrected chi connectivity index (χ3v) is 4.33. The highest BCUT2D eigenvalue weighted by Crippen LogP contribution is 2.30. The fourth-order valence-corrected chi connectivity index (χ4v) is 2.79. The first kappa shape index (κ1) is 15.8. The summed E-state index contributed by atoms with van der Waals surface area (Å²) < 4.78 is 0. The van der Waals surface area contributed by atoms with Crippen molar-refractivity contribution in [2.24, 2.45) is 0 Å². The normalized spacial score (nSPS) is 20.0. The van der Waals surface area contributed by atoms with Gasteiger partial charge in [-0.2, -0.15) is 5.26 Å². The van der Waals surface area contributed by atoms with Gasteiger partial charge in [-0.15, -0.1) is 0 Å². The maximum Gasteiger partial charge on any atom is 0.325 e. The van der Waals surface area contributed by atoms with Gasteiger partial charge in [-0.05, 0) is 37.1 Å². The summed E-state index contributed by atoms with van der Waals surface area (Å²) in [6.07, 6.45) is 0. The molecule has 5 heteroatoms. The van der Waals surface area contributed by atoms with Gasteiger partial charge in [-0.1, -0.05) is 42.0 Å². The number of aryl methyl sites for hydroxylation is 1. The topological polar surface area (TPSA) is 73.2 Å². The summed E-state index contributed by atoms with van der Waals surface area (Å²) in [7, 11) is 0. The molecule has 0 aromatic heterocycles. The first-order valence-electron chi connectivity index (χ1n) is 7.64. The van der Waals surface area contributed by atoms with Crippen LogP contribution in [0.2, 0.25) is 0 Å². The largest absolute Gasteiger partial charge is 0.325 e. The molecule has 120 valence electrons. The van der Waals surface area contributed by atoms with Gasteiger partial charge in [0.05, 0.1) is 18.2 Å². The summed E-state index contributed by atoms with van der Waals surface area (Å²) in [5.74, 6) is -0.277. The van der Waals surface area contributed by atoms with Gasteiger partial charge >= 0.3 is 6.03 Å². The highest BCUT2D eigenvalue weighted by molar-refractivity contribution is 6.07. The van der Waals surface area contributed by atoms with Crippen LogP contribution in [0.3, 0.4) is 0 Å². The van der Waals surface area contributed by atoms with Gasteiger partial charge in [0.1, 0.15) is 5.54 Å². The number of urea groups is 1. The number of rotatable bonds is 3. The zero-order valence-corrected chi connectivity index (χ0v) is 13.5. The third kappa shape index (κ3) is 2.63. The Kier molecular flexibility index (Phi) is 3.82. The molecule has 2 aromatic carbocycles. The number of nitrogens with zero attached hydrogens (tertiary/aromatic N) is 2. The number of carbonyl (C=O) groups excluding carboxylic acids is 2. The van der Waals surface area contributed by atoms with E-state index < -0.39 is 11.6 Å². The highest BCUT2D eigenvalue weighted by atomic mass is 16.2. The molecule has 1 aliphatic heterocycles. The van der Waals surface area contributed by atoms with E-state index in [-0.39, 0.29) is 12.5 Å². The monoisotopic (exact) mass is 319 g/mol. The minimum absolute atomic E-state index is 0.178. The lowest BCUT2D eigenvalue weighted by atomic mass is 9.91. The van der Waals surface area contributed by atoms with Crippen LogP contribution in [0.25, 0.3) is 0 Å². The van der Waals surface area contributed by atoms with Gasteiger partial charge < -0.3 is 5.32 Å². The molecular formula is C19H17N3O2. The van der Waals surface area contributed by atoms with Gasteiger partial charge in [0.25, 0.3) is 5.91 Å². The van der Waals surface area contributed by atoms with E-state index in [1.165, 1.54) is 4.90 Å². The molecule has 24 heavy (non-hydrogen) atoms. The molecular weight excluding hydrogens is 302 g/mol. The Morgan fingerprint density at radius 1 is 1.08 bits per heavy atom. The molecule has 0 aliphatic carbocycles. The van der Waals surface area contributed by atoms with Crippen LogP contribution in [0.1, 0.15) is 29.2 Å². The molecule has 3 rings (SSSR count). The second kappa shape index (κ2) is 5.82. The number of nitrogens with one attached hydrogen (secondary N) is 1. The maximum absolute atomic E-state index is 12.8. The summed E-state index contributed by atoms with van der Waals surface area (Å²) in [4.78, 5) is 26.4. The quantitative estimate of drug-likeness (QED) is 0.884. The Balaban J connectivity index is 1.85. The van der Waals surface area contributed by atoms with E-state index in [4.69, 9.17) is 5.26 Å². The van der Waals surface area contributed by atoms with Crippen molar-refractivity contribution in [1.82, 2.24) is 10.2 Å². The van der Waals surface area contributed by atoms with Crippen molar-refractivity contribution in [2.75, 3.05) is 0 Å². The molecule has 3 amide bonds. The number of imide groups is 1. The molecule has 1 atom stereocenters. The fraction of sp³-hybridized carbons (Fsp3) is 0.211. The summed E-state index contributed by atoms with van der Waals surface area (Å²) >= 11 is 0. The van der Waals surface area contributed by atoms with Gasteiger partial charge in [-0.25, -0.2) is 4.79 Å². The van der Waals surface area contributed by atoms with E-state index in [1.807, 2.05) is 37.3 Å². The SMILES string of the molecule is Cc1ccc(C2(C)NC(=O)N(Cc3ccc(C#N)cc3)C2=O)cc1. The van der Waals surface area contributed by atoms with Crippen LogP contribution in [0.15, 0.2) is 48.5 Å². The highest BCUT2D eigenvalue weighted by Gasteiger charge is 2.48.